The van der Waals surface area contributed by atoms with E-state index < -0.39 is 9.84 Å². The van der Waals surface area contributed by atoms with E-state index in [4.69, 9.17) is 0 Å². The van der Waals surface area contributed by atoms with Crippen molar-refractivity contribution in [2.24, 2.45) is 5.92 Å². The fraction of sp³-hybridized carbons (Fsp3) is 0.647. The van der Waals surface area contributed by atoms with E-state index in [9.17, 15) is 8.42 Å². The average Bonchev–Trinajstić information content (AvgIpc) is 2.99. The van der Waals surface area contributed by atoms with E-state index in [2.05, 4.69) is 5.32 Å². The van der Waals surface area contributed by atoms with E-state index >= 15 is 0 Å². The maximum absolute atomic E-state index is 13.1. The van der Waals surface area contributed by atoms with Crippen molar-refractivity contribution in [3.8, 4) is 0 Å². The van der Waals surface area contributed by atoms with Crippen molar-refractivity contribution < 1.29 is 8.42 Å². The lowest BCUT2D eigenvalue weighted by Gasteiger charge is -2.32. The fourth-order valence-corrected chi connectivity index (χ4v) is 6.44. The normalized spacial score (nSPS) is 19.8. The van der Waals surface area contributed by atoms with Crippen LogP contribution >= 0.6 is 0 Å². The molecule has 21 heavy (non-hydrogen) atoms. The number of rotatable bonds is 6. The second-order valence-electron chi connectivity index (χ2n) is 6.38. The zero-order valence-corrected chi connectivity index (χ0v) is 14.1. The molecule has 1 fully saturated rings. The second-order valence-corrected chi connectivity index (χ2v) is 8.77. The summed E-state index contributed by atoms with van der Waals surface area (Å²) in [5.41, 5.74) is 1.06. The molecule has 0 radical (unpaired) electrons. The van der Waals surface area contributed by atoms with Gasteiger partial charge in [-0.3, -0.25) is 0 Å². The molecule has 118 valence electrons. The van der Waals surface area contributed by atoms with Gasteiger partial charge >= 0.3 is 0 Å². The van der Waals surface area contributed by atoms with Gasteiger partial charge in [-0.25, -0.2) is 8.42 Å². The molecule has 1 aromatic rings. The van der Waals surface area contributed by atoms with E-state index in [1.54, 1.807) is 0 Å². The van der Waals surface area contributed by atoms with Gasteiger partial charge in [0.2, 0.25) is 0 Å². The third-order valence-corrected chi connectivity index (χ3v) is 7.58. The highest BCUT2D eigenvalue weighted by molar-refractivity contribution is 7.92. The first-order valence-electron chi connectivity index (χ1n) is 7.93. The highest BCUT2D eigenvalue weighted by Gasteiger charge is 2.41. The number of benzene rings is 1. The molecule has 0 bridgehead atoms. The Hall–Kier alpha value is -0.870. The van der Waals surface area contributed by atoms with E-state index in [-0.39, 0.29) is 22.5 Å². The summed E-state index contributed by atoms with van der Waals surface area (Å²) in [5, 5.41) is 2.73. The molecule has 2 atom stereocenters. The molecule has 1 saturated carbocycles. The van der Waals surface area contributed by atoms with Gasteiger partial charge in [-0.05, 0) is 31.4 Å². The molecule has 1 aromatic carbocycles. The van der Waals surface area contributed by atoms with Crippen molar-refractivity contribution in [1.29, 1.82) is 0 Å². The molecule has 1 aliphatic rings. The number of sulfone groups is 1. The topological polar surface area (TPSA) is 46.2 Å². The first-order chi connectivity index (χ1) is 9.98. The van der Waals surface area contributed by atoms with Crippen LogP contribution in [0.2, 0.25) is 0 Å². The van der Waals surface area contributed by atoms with Gasteiger partial charge in [0.15, 0.2) is 9.84 Å². The Balaban J connectivity index is 2.37. The summed E-state index contributed by atoms with van der Waals surface area (Å²) < 4.78 is 26.2. The summed E-state index contributed by atoms with van der Waals surface area (Å²) in [5.74, 6) is 0.0910. The van der Waals surface area contributed by atoms with Crippen LogP contribution in [0.15, 0.2) is 30.3 Å². The Morgan fingerprint density at radius 2 is 1.67 bits per heavy atom. The van der Waals surface area contributed by atoms with Crippen molar-refractivity contribution in [1.82, 2.24) is 5.32 Å². The number of nitrogens with one attached hydrogen (secondary N) is 1. The predicted octanol–water partition coefficient (Wildman–Crippen LogP) is 3.33. The van der Waals surface area contributed by atoms with Gasteiger partial charge in [-0.1, -0.05) is 57.0 Å². The standard InChI is InChI=1S/C17H27NO2S/c1-13(2)17(21(19,20)15-11-7-8-12-15)16(18-3)14-9-5-4-6-10-14/h4-6,9-10,13,15-18H,7-8,11-12H2,1-3H3. The highest BCUT2D eigenvalue weighted by atomic mass is 32.2. The SMILES string of the molecule is CNC(c1ccccc1)C(C(C)C)S(=O)(=O)C1CCCC1. The summed E-state index contributed by atoms with van der Waals surface area (Å²) >= 11 is 0. The molecule has 0 heterocycles. The lowest BCUT2D eigenvalue weighted by atomic mass is 9.96. The molecular formula is C17H27NO2S. The van der Waals surface area contributed by atoms with E-state index in [0.29, 0.717) is 0 Å². The summed E-state index contributed by atoms with van der Waals surface area (Å²) in [7, 11) is -1.26. The zero-order chi connectivity index (χ0) is 15.5. The van der Waals surface area contributed by atoms with Gasteiger partial charge in [0, 0.05) is 6.04 Å². The van der Waals surface area contributed by atoms with Gasteiger partial charge in [0.05, 0.1) is 10.5 Å². The highest BCUT2D eigenvalue weighted by Crippen LogP contribution is 2.35. The lowest BCUT2D eigenvalue weighted by Crippen LogP contribution is -2.43. The van der Waals surface area contributed by atoms with Gasteiger partial charge in [0.1, 0.15) is 0 Å². The van der Waals surface area contributed by atoms with Crippen molar-refractivity contribution in [3.05, 3.63) is 35.9 Å². The minimum Gasteiger partial charge on any atom is -0.312 e. The maximum Gasteiger partial charge on any atom is 0.158 e. The Kier molecular flexibility index (Phi) is 5.44. The summed E-state index contributed by atoms with van der Waals surface area (Å²) in [6.07, 6.45) is 3.75. The molecule has 2 rings (SSSR count). The van der Waals surface area contributed by atoms with Crippen molar-refractivity contribution >= 4 is 9.84 Å². The zero-order valence-electron chi connectivity index (χ0n) is 13.2. The average molecular weight is 309 g/mol. The molecule has 3 nitrogen and oxygen atoms in total. The Labute approximate surface area is 129 Å². The molecule has 0 saturated heterocycles. The van der Waals surface area contributed by atoms with Crippen LogP contribution in [0.4, 0.5) is 0 Å². The maximum atomic E-state index is 13.1. The smallest absolute Gasteiger partial charge is 0.158 e. The Bertz CT molecular complexity index is 533. The molecule has 4 heteroatoms. The fourth-order valence-electron chi connectivity index (χ4n) is 3.57. The first kappa shape index (κ1) is 16.5. The van der Waals surface area contributed by atoms with Crippen LogP contribution < -0.4 is 5.32 Å². The van der Waals surface area contributed by atoms with Crippen molar-refractivity contribution in [2.45, 2.75) is 56.1 Å². The van der Waals surface area contributed by atoms with Crippen molar-refractivity contribution in [3.63, 3.8) is 0 Å². The van der Waals surface area contributed by atoms with Gasteiger partial charge in [-0.2, -0.15) is 0 Å². The first-order valence-corrected chi connectivity index (χ1v) is 9.54. The number of hydrogen-bond acceptors (Lipinski definition) is 3. The summed E-state index contributed by atoms with van der Waals surface area (Å²) in [6.45, 7) is 4.04. The molecular weight excluding hydrogens is 282 g/mol. The Morgan fingerprint density at radius 3 is 2.14 bits per heavy atom. The molecule has 2 unspecified atom stereocenters. The van der Waals surface area contributed by atoms with Crippen LogP contribution in [-0.4, -0.2) is 26.0 Å². The summed E-state index contributed by atoms with van der Waals surface area (Å²) in [4.78, 5) is 0. The van der Waals surface area contributed by atoms with Crippen LogP contribution in [0.25, 0.3) is 0 Å². The third kappa shape index (κ3) is 3.49. The van der Waals surface area contributed by atoms with Crippen LogP contribution in [-0.2, 0) is 9.84 Å². The van der Waals surface area contributed by atoms with Gasteiger partial charge in [0.25, 0.3) is 0 Å². The second kappa shape index (κ2) is 6.93. The van der Waals surface area contributed by atoms with Crippen molar-refractivity contribution in [2.75, 3.05) is 7.05 Å². The lowest BCUT2D eigenvalue weighted by molar-refractivity contribution is 0.436. The van der Waals surface area contributed by atoms with Crippen LogP contribution in [0, 0.1) is 5.92 Å². The van der Waals surface area contributed by atoms with Crippen LogP contribution in [0.1, 0.15) is 51.1 Å². The quantitative estimate of drug-likeness (QED) is 0.877. The van der Waals surface area contributed by atoms with Crippen LogP contribution in [0.5, 0.6) is 0 Å². The minimum absolute atomic E-state index is 0.0910. The third-order valence-electron chi connectivity index (χ3n) is 4.60. The molecule has 0 amide bonds. The van der Waals surface area contributed by atoms with Gasteiger partial charge < -0.3 is 5.32 Å². The van der Waals surface area contributed by atoms with E-state index in [1.807, 2.05) is 51.2 Å². The van der Waals surface area contributed by atoms with E-state index in [1.165, 1.54) is 0 Å². The number of hydrogen-bond donors (Lipinski definition) is 1. The van der Waals surface area contributed by atoms with E-state index in [0.717, 1.165) is 31.2 Å². The molecule has 1 aliphatic carbocycles. The monoisotopic (exact) mass is 309 g/mol. The van der Waals surface area contributed by atoms with Gasteiger partial charge in [-0.15, -0.1) is 0 Å². The summed E-state index contributed by atoms with van der Waals surface area (Å²) in [6, 6.07) is 9.79. The molecule has 1 N–H and O–H groups in total. The van der Waals surface area contributed by atoms with Crippen LogP contribution in [0.3, 0.4) is 0 Å². The largest absolute Gasteiger partial charge is 0.312 e. The molecule has 0 spiro atoms. The molecule has 0 aromatic heterocycles. The minimum atomic E-state index is -3.12. The Morgan fingerprint density at radius 1 is 1.10 bits per heavy atom. The predicted molar refractivity (Wildman–Crippen MR) is 88.0 cm³/mol. The molecule has 0 aliphatic heterocycles.